The molecule has 0 atom stereocenters. The van der Waals surface area contributed by atoms with E-state index in [-0.39, 0.29) is 0 Å². The Labute approximate surface area is 81.2 Å². The number of allylic oxidation sites excluding steroid dienone is 1. The monoisotopic (exact) mass is 180 g/mol. The smallest absolute Gasteiger partial charge is 0.139 e. The molecule has 1 nitrogen and oxygen atoms in total. The lowest BCUT2D eigenvalue weighted by atomic mass is 9.72. The van der Waals surface area contributed by atoms with Crippen molar-refractivity contribution in [2.75, 3.05) is 0 Å². The van der Waals surface area contributed by atoms with Crippen LogP contribution in [-0.2, 0) is 4.79 Å². The van der Waals surface area contributed by atoms with E-state index < -0.39 is 0 Å². The molecule has 0 heterocycles. The zero-order valence-corrected chi connectivity index (χ0v) is 8.81. The molecule has 1 aliphatic rings. The van der Waals surface area contributed by atoms with Crippen LogP contribution < -0.4 is 0 Å². The summed E-state index contributed by atoms with van der Waals surface area (Å²) in [5.41, 5.74) is 0.463. The van der Waals surface area contributed by atoms with E-state index >= 15 is 0 Å². The van der Waals surface area contributed by atoms with Gasteiger partial charge >= 0.3 is 0 Å². The minimum Gasteiger partial charge on any atom is -0.299 e. The molecule has 0 aromatic rings. The first-order chi connectivity index (χ1) is 6.05. The van der Waals surface area contributed by atoms with Crippen molar-refractivity contribution in [2.45, 2.75) is 46.0 Å². The summed E-state index contributed by atoms with van der Waals surface area (Å²) >= 11 is 0. The Morgan fingerprint density at radius 1 is 1.46 bits per heavy atom. The summed E-state index contributed by atoms with van der Waals surface area (Å²) in [4.78, 5) is 11.5. The third-order valence-corrected chi connectivity index (χ3v) is 3.14. The van der Waals surface area contributed by atoms with E-state index in [1.165, 1.54) is 12.8 Å². The van der Waals surface area contributed by atoms with Crippen LogP contribution in [0.3, 0.4) is 0 Å². The third-order valence-electron chi connectivity index (χ3n) is 3.14. The van der Waals surface area contributed by atoms with Crippen LogP contribution in [0, 0.1) is 11.3 Å². The Balaban J connectivity index is 2.40. The van der Waals surface area contributed by atoms with Crippen molar-refractivity contribution in [1.82, 2.24) is 0 Å². The quantitative estimate of drug-likeness (QED) is 0.609. The van der Waals surface area contributed by atoms with E-state index in [4.69, 9.17) is 0 Å². The van der Waals surface area contributed by atoms with Gasteiger partial charge in [-0.1, -0.05) is 19.9 Å². The van der Waals surface area contributed by atoms with Crippen molar-refractivity contribution >= 4 is 5.78 Å². The fourth-order valence-electron chi connectivity index (χ4n) is 2.03. The normalized spacial score (nSPS) is 22.6. The first kappa shape index (κ1) is 10.5. The molecule has 0 radical (unpaired) electrons. The summed E-state index contributed by atoms with van der Waals surface area (Å²) in [7, 11) is 0. The van der Waals surface area contributed by atoms with Crippen LogP contribution in [0.25, 0.3) is 0 Å². The second-order valence-corrected chi connectivity index (χ2v) is 4.90. The van der Waals surface area contributed by atoms with Crippen LogP contribution in [0.5, 0.6) is 0 Å². The van der Waals surface area contributed by atoms with Crippen molar-refractivity contribution in [2.24, 2.45) is 11.3 Å². The molecule has 13 heavy (non-hydrogen) atoms. The van der Waals surface area contributed by atoms with Crippen LogP contribution in [-0.4, -0.2) is 5.78 Å². The average molecular weight is 180 g/mol. The fraction of sp³-hybridized carbons (Fsp3) is 0.750. The number of Topliss-reactive ketones (excluding diaryl/α,β-unsaturated/α-hetero) is 1. The molecule has 0 N–H and O–H groups in total. The van der Waals surface area contributed by atoms with Gasteiger partial charge in [-0.3, -0.25) is 4.79 Å². The van der Waals surface area contributed by atoms with E-state index in [0.717, 1.165) is 12.8 Å². The minimum absolute atomic E-state index is 0.325. The molecular formula is C12H20O. The number of carbonyl (C=O) groups excluding carboxylic acids is 1. The van der Waals surface area contributed by atoms with Crippen molar-refractivity contribution in [3.63, 3.8) is 0 Å². The van der Waals surface area contributed by atoms with E-state index in [9.17, 15) is 4.79 Å². The van der Waals surface area contributed by atoms with Crippen molar-refractivity contribution in [3.8, 4) is 0 Å². The van der Waals surface area contributed by atoms with Gasteiger partial charge in [0.1, 0.15) is 5.78 Å². The van der Waals surface area contributed by atoms with E-state index in [1.54, 1.807) is 6.08 Å². The summed E-state index contributed by atoms with van der Waals surface area (Å²) in [6.45, 7) is 8.19. The van der Waals surface area contributed by atoms with Crippen molar-refractivity contribution < 1.29 is 4.79 Å². The van der Waals surface area contributed by atoms with Gasteiger partial charge in [0.05, 0.1) is 0 Å². The average Bonchev–Trinajstić information content (AvgIpc) is 2.04. The second-order valence-electron chi connectivity index (χ2n) is 4.90. The van der Waals surface area contributed by atoms with Crippen LogP contribution in [0.1, 0.15) is 46.0 Å². The Morgan fingerprint density at radius 2 is 2.00 bits per heavy atom. The molecule has 0 amide bonds. The molecule has 74 valence electrons. The topological polar surface area (TPSA) is 17.1 Å². The van der Waals surface area contributed by atoms with Gasteiger partial charge in [-0.05, 0) is 31.1 Å². The molecule has 0 aromatic heterocycles. The van der Waals surface area contributed by atoms with Crippen LogP contribution in [0.4, 0.5) is 0 Å². The molecule has 0 saturated heterocycles. The molecule has 1 saturated carbocycles. The lowest BCUT2D eigenvalue weighted by Crippen LogP contribution is -2.25. The largest absolute Gasteiger partial charge is 0.299 e. The predicted octanol–water partition coefficient (Wildman–Crippen LogP) is 3.35. The van der Waals surface area contributed by atoms with Gasteiger partial charge in [0, 0.05) is 12.3 Å². The van der Waals surface area contributed by atoms with E-state index in [2.05, 4.69) is 20.4 Å². The lowest BCUT2D eigenvalue weighted by molar-refractivity contribution is -0.123. The third kappa shape index (κ3) is 2.98. The number of carbonyl (C=O) groups is 1. The Kier molecular flexibility index (Phi) is 3.29. The maximum atomic E-state index is 11.5. The van der Waals surface area contributed by atoms with Gasteiger partial charge in [0.2, 0.25) is 0 Å². The number of ketones is 1. The standard InChI is InChI=1S/C12H20O/c1-4-5-11(13)10-6-8-12(2,3)9-7-10/h4,10H,1,5-9H2,2-3H3. The Morgan fingerprint density at radius 3 is 2.46 bits per heavy atom. The van der Waals surface area contributed by atoms with Gasteiger partial charge in [-0.15, -0.1) is 6.58 Å². The molecule has 1 fully saturated rings. The second kappa shape index (κ2) is 4.08. The maximum absolute atomic E-state index is 11.5. The van der Waals surface area contributed by atoms with Gasteiger partial charge in [-0.25, -0.2) is 0 Å². The highest BCUT2D eigenvalue weighted by Gasteiger charge is 2.29. The van der Waals surface area contributed by atoms with E-state index in [1.807, 2.05) is 0 Å². The summed E-state index contributed by atoms with van der Waals surface area (Å²) in [6.07, 6.45) is 6.84. The molecule has 1 aliphatic carbocycles. The number of hydrogen-bond donors (Lipinski definition) is 0. The van der Waals surface area contributed by atoms with Crippen LogP contribution in [0.2, 0.25) is 0 Å². The summed E-state index contributed by atoms with van der Waals surface area (Å²) in [5, 5.41) is 0. The zero-order chi connectivity index (χ0) is 9.90. The van der Waals surface area contributed by atoms with Gasteiger partial charge in [0.15, 0.2) is 0 Å². The first-order valence-electron chi connectivity index (χ1n) is 5.19. The molecule has 0 aliphatic heterocycles. The highest BCUT2D eigenvalue weighted by Crippen LogP contribution is 2.38. The highest BCUT2D eigenvalue weighted by molar-refractivity contribution is 5.82. The van der Waals surface area contributed by atoms with Crippen molar-refractivity contribution in [3.05, 3.63) is 12.7 Å². The Bertz CT molecular complexity index is 193. The van der Waals surface area contributed by atoms with Crippen LogP contribution in [0.15, 0.2) is 12.7 Å². The minimum atomic E-state index is 0.325. The predicted molar refractivity (Wildman–Crippen MR) is 55.6 cm³/mol. The molecule has 0 spiro atoms. The molecule has 1 rings (SSSR count). The first-order valence-corrected chi connectivity index (χ1v) is 5.19. The summed E-state index contributed by atoms with van der Waals surface area (Å²) in [5.74, 6) is 0.719. The van der Waals surface area contributed by atoms with Gasteiger partial charge in [0.25, 0.3) is 0 Å². The molecule has 1 heteroatoms. The molecule has 0 aromatic carbocycles. The highest BCUT2D eigenvalue weighted by atomic mass is 16.1. The van der Waals surface area contributed by atoms with Gasteiger partial charge < -0.3 is 0 Å². The molecule has 0 unspecified atom stereocenters. The number of hydrogen-bond acceptors (Lipinski definition) is 1. The van der Waals surface area contributed by atoms with Crippen LogP contribution >= 0.6 is 0 Å². The zero-order valence-electron chi connectivity index (χ0n) is 8.81. The van der Waals surface area contributed by atoms with E-state index in [0.29, 0.717) is 23.5 Å². The van der Waals surface area contributed by atoms with Gasteiger partial charge in [-0.2, -0.15) is 0 Å². The Hall–Kier alpha value is -0.590. The molecule has 0 bridgehead atoms. The van der Waals surface area contributed by atoms with Crippen molar-refractivity contribution in [1.29, 1.82) is 0 Å². The maximum Gasteiger partial charge on any atom is 0.139 e. The fourth-order valence-corrected chi connectivity index (χ4v) is 2.03. The molecular weight excluding hydrogens is 160 g/mol. The number of rotatable bonds is 3. The SMILES string of the molecule is C=CCC(=O)C1CCC(C)(C)CC1. The lowest BCUT2D eigenvalue weighted by Gasteiger charge is -2.33. The summed E-state index contributed by atoms with van der Waals surface area (Å²) < 4.78 is 0. The summed E-state index contributed by atoms with van der Waals surface area (Å²) in [6, 6.07) is 0.